The van der Waals surface area contributed by atoms with Gasteiger partial charge in [-0.15, -0.1) is 0 Å². The maximum atomic E-state index is 12.4. The topological polar surface area (TPSA) is 133 Å². The number of hydrogen-bond donors (Lipinski definition) is 3. The van der Waals surface area contributed by atoms with Crippen LogP contribution in [0.25, 0.3) is 0 Å². The summed E-state index contributed by atoms with van der Waals surface area (Å²) in [6.07, 6.45) is 1.93. The molecule has 1 saturated heterocycles. The molecule has 0 radical (unpaired) electrons. The number of nitrogens with one attached hydrogen (secondary N) is 3. The Kier molecular flexibility index (Phi) is 7.16. The van der Waals surface area contributed by atoms with Crippen molar-refractivity contribution in [2.45, 2.75) is 37.2 Å². The van der Waals surface area contributed by atoms with Crippen molar-refractivity contribution in [3.8, 4) is 0 Å². The standard InChI is InChI=1S/C20H27N5O5S/c1-3-9-21-20(27)30-15-8-10-25(13-15)18-12-17(23-24-18)22-19(26)11-14-6-4-5-7-16(14)31(2,28)29/h4-7,12,15H,3,8-11,13H2,1-2H3,(H,21,27)(H2,22,23,24,26). The molecule has 1 aromatic carbocycles. The highest BCUT2D eigenvalue weighted by atomic mass is 32.2. The number of sulfone groups is 1. The second kappa shape index (κ2) is 9.82. The van der Waals surface area contributed by atoms with Crippen molar-refractivity contribution < 1.29 is 22.7 Å². The third kappa shape index (κ3) is 6.20. The van der Waals surface area contributed by atoms with Gasteiger partial charge in [-0.3, -0.25) is 9.89 Å². The molecule has 3 N–H and O–H groups in total. The fraction of sp³-hybridized carbons (Fsp3) is 0.450. The third-order valence-corrected chi connectivity index (χ3v) is 6.02. The molecule has 168 valence electrons. The lowest BCUT2D eigenvalue weighted by Gasteiger charge is -2.15. The minimum atomic E-state index is -3.43. The first-order chi connectivity index (χ1) is 14.8. The normalized spacial score (nSPS) is 16.2. The minimum absolute atomic E-state index is 0.0793. The number of amides is 2. The summed E-state index contributed by atoms with van der Waals surface area (Å²) >= 11 is 0. The van der Waals surface area contributed by atoms with Crippen LogP contribution in [0.5, 0.6) is 0 Å². The van der Waals surface area contributed by atoms with Crippen LogP contribution in [0.3, 0.4) is 0 Å². The van der Waals surface area contributed by atoms with E-state index in [1.165, 1.54) is 6.07 Å². The highest BCUT2D eigenvalue weighted by Crippen LogP contribution is 2.23. The van der Waals surface area contributed by atoms with E-state index >= 15 is 0 Å². The maximum Gasteiger partial charge on any atom is 0.407 e. The van der Waals surface area contributed by atoms with E-state index in [0.29, 0.717) is 43.3 Å². The number of benzene rings is 1. The summed E-state index contributed by atoms with van der Waals surface area (Å²) in [6, 6.07) is 8.12. The number of hydrogen-bond acceptors (Lipinski definition) is 7. The summed E-state index contributed by atoms with van der Waals surface area (Å²) in [4.78, 5) is 26.2. The lowest BCUT2D eigenvalue weighted by atomic mass is 10.1. The van der Waals surface area contributed by atoms with Crippen LogP contribution < -0.4 is 15.5 Å². The van der Waals surface area contributed by atoms with Crippen molar-refractivity contribution in [1.82, 2.24) is 15.5 Å². The van der Waals surface area contributed by atoms with E-state index in [1.54, 1.807) is 24.3 Å². The molecule has 2 aromatic rings. The number of aromatic nitrogens is 2. The van der Waals surface area contributed by atoms with Crippen LogP contribution in [0, 0.1) is 0 Å². The highest BCUT2D eigenvalue weighted by molar-refractivity contribution is 7.90. The summed E-state index contributed by atoms with van der Waals surface area (Å²) in [5.41, 5.74) is 0.433. The molecular weight excluding hydrogens is 422 g/mol. The lowest BCUT2D eigenvalue weighted by Crippen LogP contribution is -2.31. The van der Waals surface area contributed by atoms with Crippen LogP contribution in [-0.2, 0) is 25.8 Å². The van der Waals surface area contributed by atoms with Crippen molar-refractivity contribution in [3.05, 3.63) is 35.9 Å². The molecule has 10 nitrogen and oxygen atoms in total. The van der Waals surface area contributed by atoms with Crippen molar-refractivity contribution >= 4 is 33.5 Å². The average molecular weight is 450 g/mol. The molecule has 0 spiro atoms. The van der Waals surface area contributed by atoms with Gasteiger partial charge < -0.3 is 20.3 Å². The zero-order chi connectivity index (χ0) is 22.4. The van der Waals surface area contributed by atoms with Gasteiger partial charge in [0.25, 0.3) is 0 Å². The van der Waals surface area contributed by atoms with Gasteiger partial charge in [0, 0.05) is 31.8 Å². The van der Waals surface area contributed by atoms with Crippen molar-refractivity contribution in [2.75, 3.05) is 36.1 Å². The molecule has 1 unspecified atom stereocenters. The molecule has 1 atom stereocenters. The van der Waals surface area contributed by atoms with Gasteiger partial charge in [-0.05, 0) is 18.1 Å². The van der Waals surface area contributed by atoms with Gasteiger partial charge in [-0.1, -0.05) is 25.1 Å². The predicted octanol–water partition coefficient (Wildman–Crippen LogP) is 1.71. The second-order valence-corrected chi connectivity index (χ2v) is 9.42. The molecule has 2 amide bonds. The van der Waals surface area contributed by atoms with E-state index in [4.69, 9.17) is 4.74 Å². The van der Waals surface area contributed by atoms with E-state index < -0.39 is 15.9 Å². The first-order valence-corrected chi connectivity index (χ1v) is 12.0. The van der Waals surface area contributed by atoms with Crippen LogP contribution in [0.1, 0.15) is 25.3 Å². The zero-order valence-corrected chi connectivity index (χ0v) is 18.4. The number of aromatic amines is 1. The predicted molar refractivity (Wildman–Crippen MR) is 116 cm³/mol. The van der Waals surface area contributed by atoms with E-state index in [1.807, 2.05) is 11.8 Å². The van der Waals surface area contributed by atoms with Gasteiger partial charge >= 0.3 is 6.09 Å². The first kappa shape index (κ1) is 22.6. The number of anilines is 2. The number of nitrogens with zero attached hydrogens (tertiary/aromatic N) is 2. The Bertz CT molecular complexity index is 1040. The van der Waals surface area contributed by atoms with E-state index in [-0.39, 0.29) is 23.3 Å². The van der Waals surface area contributed by atoms with Crippen LogP contribution in [0.4, 0.5) is 16.4 Å². The van der Waals surface area contributed by atoms with E-state index in [9.17, 15) is 18.0 Å². The molecule has 0 saturated carbocycles. The van der Waals surface area contributed by atoms with Crippen molar-refractivity contribution in [2.24, 2.45) is 0 Å². The summed E-state index contributed by atoms with van der Waals surface area (Å²) in [7, 11) is -3.43. The lowest BCUT2D eigenvalue weighted by molar-refractivity contribution is -0.115. The summed E-state index contributed by atoms with van der Waals surface area (Å²) in [5.74, 6) is 0.676. The molecule has 11 heteroatoms. The van der Waals surface area contributed by atoms with Crippen LogP contribution >= 0.6 is 0 Å². The quantitative estimate of drug-likeness (QED) is 0.559. The molecule has 1 aromatic heterocycles. The number of rotatable bonds is 8. The smallest absolute Gasteiger partial charge is 0.407 e. The van der Waals surface area contributed by atoms with Crippen molar-refractivity contribution in [1.29, 1.82) is 0 Å². The van der Waals surface area contributed by atoms with Crippen LogP contribution in [-0.4, -0.2) is 62.6 Å². The number of carbonyl (C=O) groups excluding carboxylic acids is 2. The minimum Gasteiger partial charge on any atom is -0.444 e. The van der Waals surface area contributed by atoms with Gasteiger partial charge in [0.2, 0.25) is 5.91 Å². The molecule has 2 heterocycles. The Morgan fingerprint density at radius 2 is 2.10 bits per heavy atom. The Morgan fingerprint density at radius 1 is 1.32 bits per heavy atom. The highest BCUT2D eigenvalue weighted by Gasteiger charge is 2.27. The van der Waals surface area contributed by atoms with Gasteiger partial charge in [0.05, 0.1) is 17.9 Å². The largest absolute Gasteiger partial charge is 0.444 e. The van der Waals surface area contributed by atoms with Gasteiger partial charge in [-0.25, -0.2) is 13.2 Å². The molecule has 31 heavy (non-hydrogen) atoms. The molecular formula is C20H27N5O5S. The average Bonchev–Trinajstić information content (AvgIpc) is 3.35. The monoisotopic (exact) mass is 449 g/mol. The Balaban J connectivity index is 1.55. The molecule has 1 aliphatic heterocycles. The Morgan fingerprint density at radius 3 is 2.84 bits per heavy atom. The maximum absolute atomic E-state index is 12.4. The zero-order valence-electron chi connectivity index (χ0n) is 17.6. The van der Waals surface area contributed by atoms with E-state index in [2.05, 4.69) is 20.8 Å². The number of alkyl carbamates (subject to hydrolysis) is 1. The molecule has 1 fully saturated rings. The molecule has 0 bridgehead atoms. The number of carbonyl (C=O) groups is 2. The van der Waals surface area contributed by atoms with Crippen LogP contribution in [0.2, 0.25) is 0 Å². The fourth-order valence-corrected chi connectivity index (χ4v) is 4.31. The van der Waals surface area contributed by atoms with Gasteiger partial charge in [-0.2, -0.15) is 5.10 Å². The molecule has 3 rings (SSSR count). The van der Waals surface area contributed by atoms with Crippen molar-refractivity contribution in [3.63, 3.8) is 0 Å². The van der Waals surface area contributed by atoms with Gasteiger partial charge in [0.1, 0.15) is 11.9 Å². The Labute approximate surface area is 181 Å². The third-order valence-electron chi connectivity index (χ3n) is 4.82. The summed E-state index contributed by atoms with van der Waals surface area (Å²) in [5, 5.41) is 12.4. The second-order valence-electron chi connectivity index (χ2n) is 7.43. The fourth-order valence-electron chi connectivity index (χ4n) is 3.37. The molecule has 1 aliphatic rings. The SMILES string of the molecule is CCCNC(=O)OC1CCN(c2cc(NC(=O)Cc3ccccc3S(C)(=O)=O)[nH]n2)C1. The summed E-state index contributed by atoms with van der Waals surface area (Å²) in [6.45, 7) is 3.73. The molecule has 0 aliphatic carbocycles. The Hall–Kier alpha value is -3.08. The number of ether oxygens (including phenoxy) is 1. The first-order valence-electron chi connectivity index (χ1n) is 10.1. The summed E-state index contributed by atoms with van der Waals surface area (Å²) < 4.78 is 29.2. The van der Waals surface area contributed by atoms with Gasteiger partial charge in [0.15, 0.2) is 15.7 Å². The van der Waals surface area contributed by atoms with Crippen LogP contribution in [0.15, 0.2) is 35.2 Å². The number of H-pyrrole nitrogens is 1. The van der Waals surface area contributed by atoms with E-state index in [0.717, 1.165) is 12.7 Å².